The number of carbonyl (C=O) groups is 2. The van der Waals surface area contributed by atoms with Crippen molar-refractivity contribution in [2.75, 3.05) is 0 Å². The van der Waals surface area contributed by atoms with Crippen molar-refractivity contribution in [2.24, 2.45) is 5.92 Å². The minimum Gasteiger partial charge on any atom is -0.456 e. The number of para-hydroxylation sites is 1. The van der Waals surface area contributed by atoms with Gasteiger partial charge < -0.3 is 9.16 Å². The maximum absolute atomic E-state index is 13.8. The number of allylic oxidation sites excluding steroid dienone is 1. The van der Waals surface area contributed by atoms with Gasteiger partial charge in [-0.05, 0) is 85.1 Å². The lowest BCUT2D eigenvalue weighted by atomic mass is 9.91. The number of thiazole rings is 1. The first-order valence-corrected chi connectivity index (χ1v) is 19.8. The third-order valence-electron chi connectivity index (χ3n) is 7.79. The summed E-state index contributed by atoms with van der Waals surface area (Å²) < 4.78 is 14.2. The van der Waals surface area contributed by atoms with E-state index in [1.807, 2.05) is 31.2 Å². The van der Waals surface area contributed by atoms with Gasteiger partial charge in [-0.25, -0.2) is 9.78 Å². The molecule has 4 rings (SSSR count). The van der Waals surface area contributed by atoms with Crippen LogP contribution in [0.15, 0.2) is 64.1 Å². The molecule has 0 N–H and O–H groups in total. The van der Waals surface area contributed by atoms with Crippen LogP contribution >= 0.6 is 32.9 Å². The molecule has 0 radical (unpaired) electrons. The zero-order valence-corrected chi connectivity index (χ0v) is 29.0. The number of fused-ring (bicyclic) bond motifs is 1. The van der Waals surface area contributed by atoms with Crippen LogP contribution in [0.2, 0.25) is 18.1 Å². The Morgan fingerprint density at radius 1 is 1.16 bits per heavy atom. The van der Waals surface area contributed by atoms with Crippen molar-refractivity contribution in [3.8, 4) is 0 Å². The number of rotatable bonds is 11. The number of esters is 1. The first kappa shape index (κ1) is 33.2. The smallest absolute Gasteiger partial charge is 0.355 e. The summed E-state index contributed by atoms with van der Waals surface area (Å²) in [7, 11) is 0.807. The minimum absolute atomic E-state index is 0.0289. The van der Waals surface area contributed by atoms with Gasteiger partial charge in [0.15, 0.2) is 12.7 Å². The van der Waals surface area contributed by atoms with Crippen LogP contribution in [-0.4, -0.2) is 46.5 Å². The molecule has 2 aromatic carbocycles. The SMILES string of the molecule is CC(C)=C(C(=O)OCc1ccc([N+](=O)[O-])cc1)N1C(=O)[C@H]([C@@H](C)O[Si](C)(C)C(C)(C)C)[C@@H]1SSc1nc2ccccc2s1. The number of amides is 1. The van der Waals surface area contributed by atoms with Crippen molar-refractivity contribution < 1.29 is 23.7 Å². The fourth-order valence-corrected chi connectivity index (χ4v) is 9.96. The summed E-state index contributed by atoms with van der Waals surface area (Å²) in [5.41, 5.74) is 2.33. The second kappa shape index (κ2) is 13.1. The van der Waals surface area contributed by atoms with E-state index < -0.39 is 25.1 Å². The molecule has 3 atom stereocenters. The van der Waals surface area contributed by atoms with Crippen molar-refractivity contribution in [1.29, 1.82) is 0 Å². The van der Waals surface area contributed by atoms with Gasteiger partial charge in [0.1, 0.15) is 17.7 Å². The summed E-state index contributed by atoms with van der Waals surface area (Å²) in [5.74, 6) is -1.27. The molecule has 0 unspecified atom stereocenters. The summed E-state index contributed by atoms with van der Waals surface area (Å²) in [4.78, 5) is 44.1. The van der Waals surface area contributed by atoms with Gasteiger partial charge in [0, 0.05) is 12.1 Å². The van der Waals surface area contributed by atoms with E-state index in [1.165, 1.54) is 38.6 Å². The monoisotopic (exact) mass is 659 g/mol. The Morgan fingerprint density at radius 3 is 2.40 bits per heavy atom. The molecule has 0 bridgehead atoms. The maximum Gasteiger partial charge on any atom is 0.355 e. The van der Waals surface area contributed by atoms with Crippen molar-refractivity contribution in [3.63, 3.8) is 0 Å². The van der Waals surface area contributed by atoms with Crippen molar-refractivity contribution in [3.05, 3.63) is 75.5 Å². The van der Waals surface area contributed by atoms with Crippen LogP contribution in [-0.2, 0) is 25.4 Å². The Labute approximate surface area is 265 Å². The van der Waals surface area contributed by atoms with E-state index in [9.17, 15) is 19.7 Å². The first-order chi connectivity index (χ1) is 20.1. The van der Waals surface area contributed by atoms with Crippen molar-refractivity contribution in [1.82, 2.24) is 9.88 Å². The summed E-state index contributed by atoms with van der Waals surface area (Å²) in [6.07, 6.45) is -0.354. The molecule has 1 amide bonds. The molecule has 0 saturated carbocycles. The molecule has 1 aliphatic rings. The highest BCUT2D eigenvalue weighted by Gasteiger charge is 2.55. The van der Waals surface area contributed by atoms with E-state index in [0.717, 1.165) is 14.6 Å². The number of non-ortho nitro benzene ring substituents is 1. The number of carbonyl (C=O) groups excluding carboxylic acids is 2. The van der Waals surface area contributed by atoms with Gasteiger partial charge in [0.05, 0.1) is 27.2 Å². The van der Waals surface area contributed by atoms with Crippen LogP contribution in [0.5, 0.6) is 0 Å². The number of ether oxygens (including phenoxy) is 1. The van der Waals surface area contributed by atoms with E-state index in [2.05, 4.69) is 33.9 Å². The molecule has 43 heavy (non-hydrogen) atoms. The number of nitrogens with zero attached hydrogens (tertiary/aromatic N) is 3. The van der Waals surface area contributed by atoms with Crippen LogP contribution in [0.1, 0.15) is 47.1 Å². The summed E-state index contributed by atoms with van der Waals surface area (Å²) >= 11 is 1.59. The van der Waals surface area contributed by atoms with Gasteiger partial charge in [-0.15, -0.1) is 11.3 Å². The zero-order chi connectivity index (χ0) is 31.7. The number of hydrogen-bond acceptors (Lipinski definition) is 10. The summed E-state index contributed by atoms with van der Waals surface area (Å²) in [5, 5.41) is 10.6. The van der Waals surface area contributed by atoms with E-state index >= 15 is 0 Å². The number of benzene rings is 2. The molecule has 230 valence electrons. The topological polar surface area (TPSA) is 112 Å². The molecule has 0 spiro atoms. The Morgan fingerprint density at radius 2 is 1.81 bits per heavy atom. The molecule has 9 nitrogen and oxygen atoms in total. The van der Waals surface area contributed by atoms with Crippen LogP contribution in [0.3, 0.4) is 0 Å². The average Bonchev–Trinajstić information content (AvgIpc) is 3.34. The number of nitro benzene ring substituents is 1. The second-order valence-corrected chi connectivity index (χ2v) is 20.5. The Kier molecular flexibility index (Phi) is 10.1. The molecule has 2 heterocycles. The molecular weight excluding hydrogens is 623 g/mol. The lowest BCUT2D eigenvalue weighted by Crippen LogP contribution is -2.64. The molecule has 0 aliphatic carbocycles. The van der Waals surface area contributed by atoms with E-state index in [-0.39, 0.29) is 40.4 Å². The molecule has 1 aromatic heterocycles. The quantitative estimate of drug-likeness (QED) is 0.0383. The van der Waals surface area contributed by atoms with E-state index in [1.54, 1.807) is 37.3 Å². The molecule has 1 fully saturated rings. The standard InChI is InChI=1S/C30H37N3O6S3Si/c1-18(2)25(28(35)38-17-20-13-15-21(16-14-20)33(36)37)32-26(34)24(19(3)39-43(7,8)30(4,5)6)27(32)41-42-29-31-22-11-9-10-12-23(22)40-29/h9-16,19,24,27H,17H2,1-8H3/t19-,24+,27+/m1/s1. The molecule has 13 heteroatoms. The Hall–Kier alpha value is -2.71. The third-order valence-corrected chi connectivity index (χ3v) is 16.4. The highest BCUT2D eigenvalue weighted by atomic mass is 33.1. The fourth-order valence-electron chi connectivity index (χ4n) is 4.43. The molecule has 1 saturated heterocycles. The maximum atomic E-state index is 13.8. The predicted molar refractivity (Wildman–Crippen MR) is 176 cm³/mol. The van der Waals surface area contributed by atoms with Gasteiger partial charge in [0.2, 0.25) is 5.91 Å². The summed E-state index contributed by atoms with van der Waals surface area (Å²) in [6.45, 7) is 16.3. The molecular formula is C30H37N3O6S3Si. The van der Waals surface area contributed by atoms with Gasteiger partial charge >= 0.3 is 5.97 Å². The van der Waals surface area contributed by atoms with Crippen molar-refractivity contribution >= 4 is 69.0 Å². The van der Waals surface area contributed by atoms with Gasteiger partial charge in [0.25, 0.3) is 5.69 Å². The number of β-lactam (4-membered cyclic amide) rings is 1. The fraction of sp³-hybridized carbons (Fsp3) is 0.433. The number of hydrogen-bond donors (Lipinski definition) is 0. The van der Waals surface area contributed by atoms with Gasteiger partial charge in [-0.3, -0.25) is 19.8 Å². The van der Waals surface area contributed by atoms with Crippen molar-refractivity contribution in [2.45, 2.75) is 82.1 Å². The largest absolute Gasteiger partial charge is 0.456 e. The highest BCUT2D eigenvalue weighted by Crippen LogP contribution is 2.50. The van der Waals surface area contributed by atoms with E-state index in [0.29, 0.717) is 11.1 Å². The van der Waals surface area contributed by atoms with Crippen LogP contribution < -0.4 is 0 Å². The predicted octanol–water partition coefficient (Wildman–Crippen LogP) is 8.18. The van der Waals surface area contributed by atoms with Crippen LogP contribution in [0.4, 0.5) is 5.69 Å². The average molecular weight is 660 g/mol. The Bertz CT molecular complexity index is 1510. The highest BCUT2D eigenvalue weighted by molar-refractivity contribution is 8.77. The van der Waals surface area contributed by atoms with E-state index in [4.69, 9.17) is 14.1 Å². The number of nitro groups is 1. The summed E-state index contributed by atoms with van der Waals surface area (Å²) in [6, 6.07) is 13.8. The molecule has 1 aliphatic heterocycles. The van der Waals surface area contributed by atoms with Gasteiger partial charge in [-0.2, -0.15) is 0 Å². The third kappa shape index (κ3) is 7.34. The van der Waals surface area contributed by atoms with Crippen LogP contribution in [0, 0.1) is 16.0 Å². The Balaban J connectivity index is 1.57. The minimum atomic E-state index is -2.18. The lowest BCUT2D eigenvalue weighted by molar-refractivity contribution is -0.384. The first-order valence-electron chi connectivity index (χ1n) is 13.9. The molecule has 3 aromatic rings. The zero-order valence-electron chi connectivity index (χ0n) is 25.6. The lowest BCUT2D eigenvalue weighted by Gasteiger charge is -2.50. The number of aromatic nitrogens is 1. The van der Waals surface area contributed by atoms with Crippen LogP contribution in [0.25, 0.3) is 10.2 Å². The second-order valence-electron chi connectivity index (χ2n) is 12.2. The number of likely N-dealkylation sites (tertiary alicyclic amines) is 1. The normalized spacial score (nSPS) is 17.9. The van der Waals surface area contributed by atoms with Gasteiger partial charge in [-0.1, -0.05) is 43.7 Å².